The smallest absolute Gasteiger partial charge is 0.353 e. The van der Waals surface area contributed by atoms with Crippen LogP contribution >= 0.6 is 0 Å². The maximum absolute atomic E-state index is 6.22. The van der Waals surface area contributed by atoms with Crippen molar-refractivity contribution >= 4 is 17.0 Å². The topological polar surface area (TPSA) is 61.4 Å². The minimum atomic E-state index is 0.219. The standard InChI is InChI=1S/C17H27N5O/c1-20(2)8-5-9-22-16-13-10-12(11-21(3)4)23-15(13)7-6-14(16)19-17(22)18/h6-7,12H,5,8-11H2,1-4H3,(H2,18,19)/p+1/t12-/m1/s1. The summed E-state index contributed by atoms with van der Waals surface area (Å²) in [4.78, 5) is 7.68. The molecule has 0 saturated heterocycles. The predicted octanol–water partition coefficient (Wildman–Crippen LogP) is 0.854. The van der Waals surface area contributed by atoms with Crippen LogP contribution < -0.4 is 15.0 Å². The molecule has 0 bridgehead atoms. The number of nitrogens with one attached hydrogen (secondary N) is 1. The Morgan fingerprint density at radius 2 is 2.04 bits per heavy atom. The average Bonchev–Trinajstić information content (AvgIpc) is 2.98. The number of ether oxygens (including phenoxy) is 1. The Morgan fingerprint density at radius 1 is 1.26 bits per heavy atom. The van der Waals surface area contributed by atoms with Crippen LogP contribution in [0.25, 0.3) is 11.0 Å². The third-order valence-corrected chi connectivity index (χ3v) is 4.34. The van der Waals surface area contributed by atoms with Crippen molar-refractivity contribution in [1.29, 1.82) is 0 Å². The fourth-order valence-electron chi connectivity index (χ4n) is 3.40. The number of hydrogen-bond donors (Lipinski definition) is 2. The lowest BCUT2D eigenvalue weighted by Gasteiger charge is -2.15. The molecule has 3 rings (SSSR count). The van der Waals surface area contributed by atoms with E-state index < -0.39 is 0 Å². The highest BCUT2D eigenvalue weighted by Gasteiger charge is 2.29. The lowest BCUT2D eigenvalue weighted by atomic mass is 10.1. The van der Waals surface area contributed by atoms with Gasteiger partial charge in [0, 0.05) is 25.1 Å². The van der Waals surface area contributed by atoms with Crippen LogP contribution in [-0.4, -0.2) is 62.2 Å². The van der Waals surface area contributed by atoms with E-state index in [-0.39, 0.29) is 6.10 Å². The first-order valence-corrected chi connectivity index (χ1v) is 8.24. The normalized spacial score (nSPS) is 17.2. The molecule has 6 nitrogen and oxygen atoms in total. The predicted molar refractivity (Wildman–Crippen MR) is 92.8 cm³/mol. The Labute approximate surface area is 137 Å². The van der Waals surface area contributed by atoms with Gasteiger partial charge >= 0.3 is 5.95 Å². The molecule has 2 aromatic rings. The van der Waals surface area contributed by atoms with Crippen LogP contribution in [-0.2, 0) is 13.0 Å². The van der Waals surface area contributed by atoms with Crippen molar-refractivity contribution in [2.45, 2.75) is 25.5 Å². The van der Waals surface area contributed by atoms with Gasteiger partial charge in [-0.15, -0.1) is 0 Å². The van der Waals surface area contributed by atoms with Crippen molar-refractivity contribution in [2.75, 3.05) is 47.0 Å². The van der Waals surface area contributed by atoms with Crippen molar-refractivity contribution in [1.82, 2.24) is 14.8 Å². The zero-order valence-electron chi connectivity index (χ0n) is 14.6. The third-order valence-electron chi connectivity index (χ3n) is 4.34. The molecule has 6 heteroatoms. The second kappa shape index (κ2) is 6.37. The minimum Gasteiger partial charge on any atom is -0.488 e. The number of rotatable bonds is 6. The number of H-pyrrole nitrogens is 1. The summed E-state index contributed by atoms with van der Waals surface area (Å²) in [6.45, 7) is 2.89. The van der Waals surface area contributed by atoms with E-state index >= 15 is 0 Å². The van der Waals surface area contributed by atoms with E-state index in [0.29, 0.717) is 0 Å². The number of fused-ring (bicyclic) bond motifs is 3. The molecule has 3 N–H and O–H groups in total. The third kappa shape index (κ3) is 3.28. The van der Waals surface area contributed by atoms with Crippen molar-refractivity contribution in [2.24, 2.45) is 0 Å². The first-order valence-electron chi connectivity index (χ1n) is 8.24. The molecule has 0 amide bonds. The van der Waals surface area contributed by atoms with Gasteiger partial charge in [-0.1, -0.05) is 0 Å². The summed E-state index contributed by atoms with van der Waals surface area (Å²) in [5, 5.41) is 0. The summed E-state index contributed by atoms with van der Waals surface area (Å²) in [6, 6.07) is 4.14. The number of aromatic nitrogens is 2. The molecule has 0 spiro atoms. The summed E-state index contributed by atoms with van der Waals surface area (Å²) in [6.07, 6.45) is 2.23. The zero-order valence-corrected chi connectivity index (χ0v) is 14.6. The summed E-state index contributed by atoms with van der Waals surface area (Å²) in [5.41, 5.74) is 9.81. The van der Waals surface area contributed by atoms with Gasteiger partial charge in [0.25, 0.3) is 0 Å². The van der Waals surface area contributed by atoms with E-state index in [2.05, 4.69) is 59.7 Å². The number of hydrogen-bond acceptors (Lipinski definition) is 4. The van der Waals surface area contributed by atoms with E-state index in [9.17, 15) is 0 Å². The first kappa shape index (κ1) is 16.1. The number of aryl methyl sites for hydroxylation is 1. The highest BCUT2D eigenvalue weighted by molar-refractivity contribution is 5.80. The molecule has 0 fully saturated rings. The van der Waals surface area contributed by atoms with Crippen molar-refractivity contribution < 1.29 is 9.30 Å². The number of anilines is 1. The lowest BCUT2D eigenvalue weighted by Crippen LogP contribution is -2.37. The molecular weight excluding hydrogens is 290 g/mol. The van der Waals surface area contributed by atoms with E-state index in [4.69, 9.17) is 10.5 Å². The van der Waals surface area contributed by atoms with Crippen LogP contribution in [0.15, 0.2) is 12.1 Å². The molecule has 2 heterocycles. The van der Waals surface area contributed by atoms with Crippen LogP contribution in [0.2, 0.25) is 0 Å². The summed E-state index contributed by atoms with van der Waals surface area (Å²) in [5.74, 6) is 1.73. The van der Waals surface area contributed by atoms with Crippen LogP contribution in [0.3, 0.4) is 0 Å². The van der Waals surface area contributed by atoms with E-state index in [0.717, 1.165) is 49.7 Å². The molecule has 0 radical (unpaired) electrons. The molecule has 0 saturated carbocycles. The van der Waals surface area contributed by atoms with Gasteiger partial charge in [-0.05, 0) is 46.7 Å². The first-order chi connectivity index (χ1) is 11.0. The Hall–Kier alpha value is -1.79. The fraction of sp³-hybridized carbons (Fsp3) is 0.588. The van der Waals surface area contributed by atoms with Gasteiger partial charge in [0.15, 0.2) is 0 Å². The molecule has 1 aromatic heterocycles. The molecular formula is C17H28N5O+. The van der Waals surface area contributed by atoms with Gasteiger partial charge in [-0.3, -0.25) is 5.73 Å². The highest BCUT2D eigenvalue weighted by atomic mass is 16.5. The second-order valence-corrected chi connectivity index (χ2v) is 6.96. The molecule has 1 atom stereocenters. The van der Waals surface area contributed by atoms with Crippen molar-refractivity contribution in [3.8, 4) is 5.75 Å². The maximum atomic E-state index is 6.22. The van der Waals surface area contributed by atoms with Crippen molar-refractivity contribution in [3.63, 3.8) is 0 Å². The summed E-state index contributed by atoms with van der Waals surface area (Å²) in [7, 11) is 8.36. The SMILES string of the molecule is CN(C)CCC[n+]1c(N)[nH]c2ccc3c(c21)C[C@H](CN(C)C)O3. The van der Waals surface area contributed by atoms with Gasteiger partial charge in [-0.2, -0.15) is 0 Å². The zero-order chi connectivity index (χ0) is 16.6. The quantitative estimate of drug-likeness (QED) is 0.776. The van der Waals surface area contributed by atoms with Gasteiger partial charge < -0.3 is 14.5 Å². The second-order valence-electron chi connectivity index (χ2n) is 6.96. The number of nitrogens with two attached hydrogens (primary N) is 1. The summed E-state index contributed by atoms with van der Waals surface area (Å²) < 4.78 is 8.32. The molecule has 1 aromatic carbocycles. The average molecular weight is 318 g/mol. The number of imidazole rings is 1. The molecule has 0 aliphatic carbocycles. The van der Waals surface area contributed by atoms with Gasteiger partial charge in [0.1, 0.15) is 22.9 Å². The summed E-state index contributed by atoms with van der Waals surface area (Å²) >= 11 is 0. The van der Waals surface area contributed by atoms with Crippen LogP contribution in [0.5, 0.6) is 5.75 Å². The van der Waals surface area contributed by atoms with Gasteiger partial charge in [0.2, 0.25) is 0 Å². The van der Waals surface area contributed by atoms with E-state index in [1.165, 1.54) is 11.1 Å². The highest BCUT2D eigenvalue weighted by Crippen LogP contribution is 2.34. The number of nitrogens with zero attached hydrogens (tertiary/aromatic N) is 3. The van der Waals surface area contributed by atoms with Gasteiger partial charge in [-0.25, -0.2) is 9.55 Å². The van der Waals surface area contributed by atoms with E-state index in [1.807, 2.05) is 0 Å². The molecule has 1 aliphatic heterocycles. The molecule has 0 unspecified atom stereocenters. The van der Waals surface area contributed by atoms with Crippen LogP contribution in [0.1, 0.15) is 12.0 Å². The Bertz CT molecular complexity index is 692. The fourth-order valence-corrected chi connectivity index (χ4v) is 3.40. The number of aromatic amines is 1. The number of benzene rings is 1. The number of nitrogen functional groups attached to an aromatic ring is 1. The lowest BCUT2D eigenvalue weighted by molar-refractivity contribution is -0.657. The minimum absolute atomic E-state index is 0.219. The monoisotopic (exact) mass is 318 g/mol. The van der Waals surface area contributed by atoms with Crippen LogP contribution in [0.4, 0.5) is 5.95 Å². The van der Waals surface area contributed by atoms with Crippen molar-refractivity contribution in [3.05, 3.63) is 17.7 Å². The van der Waals surface area contributed by atoms with Gasteiger partial charge in [0.05, 0.1) is 6.54 Å². The Balaban J connectivity index is 1.90. The van der Waals surface area contributed by atoms with Crippen LogP contribution in [0, 0.1) is 0 Å². The maximum Gasteiger partial charge on any atom is 0.353 e. The largest absolute Gasteiger partial charge is 0.488 e. The molecule has 126 valence electrons. The Kier molecular flexibility index (Phi) is 4.46. The number of likely N-dealkylation sites (N-methyl/N-ethyl adjacent to an activating group) is 1. The molecule has 1 aliphatic rings. The van der Waals surface area contributed by atoms with E-state index in [1.54, 1.807) is 0 Å². The molecule has 23 heavy (non-hydrogen) atoms. The Morgan fingerprint density at radius 3 is 2.74 bits per heavy atom.